The van der Waals surface area contributed by atoms with E-state index in [0.717, 1.165) is 4.90 Å². The third-order valence-corrected chi connectivity index (χ3v) is 2.50. The Bertz CT molecular complexity index is 424. The number of amides is 5. The molecule has 0 saturated carbocycles. The summed E-state index contributed by atoms with van der Waals surface area (Å²) in [6, 6.07) is -0.980. The Morgan fingerprint density at radius 2 is 2.00 bits per heavy atom. The van der Waals surface area contributed by atoms with E-state index in [1.807, 2.05) is 0 Å². The van der Waals surface area contributed by atoms with Crippen molar-refractivity contribution in [3.8, 4) is 0 Å². The van der Waals surface area contributed by atoms with E-state index in [2.05, 4.69) is 21.3 Å². The molecule has 4 N–H and O–H groups in total. The van der Waals surface area contributed by atoms with Crippen LogP contribution in [0, 0.1) is 0 Å². The largest absolute Gasteiger partial charge is 0.548 e. The molecule has 5 amide bonds. The van der Waals surface area contributed by atoms with Gasteiger partial charge in [0.2, 0.25) is 5.91 Å². The highest BCUT2D eigenvalue weighted by Crippen LogP contribution is 2.12. The van der Waals surface area contributed by atoms with Gasteiger partial charge in [0.15, 0.2) is 0 Å². The van der Waals surface area contributed by atoms with Crippen molar-refractivity contribution >= 4 is 23.9 Å². The maximum absolute atomic E-state index is 11.5. The summed E-state index contributed by atoms with van der Waals surface area (Å²) < 4.78 is 0. The van der Waals surface area contributed by atoms with E-state index in [0.29, 0.717) is 0 Å². The third kappa shape index (κ3) is 2.26. The lowest BCUT2D eigenvalue weighted by molar-refractivity contribution is -0.304. The molecule has 0 aromatic heterocycles. The number of rotatable bonds is 4. The quantitative estimate of drug-likeness (QED) is 0.403. The second kappa shape index (κ2) is 4.39. The Morgan fingerprint density at radius 3 is 2.67 bits per heavy atom. The van der Waals surface area contributed by atoms with E-state index < -0.39 is 42.8 Å². The number of urea groups is 2. The molecule has 0 radical (unpaired) electrons. The highest BCUT2D eigenvalue weighted by molar-refractivity contribution is 5.89. The number of carboxylic acids is 1. The van der Waals surface area contributed by atoms with Gasteiger partial charge in [-0.15, -0.1) is 0 Å². The Balaban J connectivity index is 1.92. The lowest BCUT2D eigenvalue weighted by Gasteiger charge is -2.20. The molecule has 0 bridgehead atoms. The molecule has 0 aromatic rings. The highest BCUT2D eigenvalue weighted by atomic mass is 16.4. The summed E-state index contributed by atoms with van der Waals surface area (Å²) in [6.07, 6.45) is -1.27. The first kappa shape index (κ1) is 12.0. The predicted molar refractivity (Wildman–Crippen MR) is 52.5 cm³/mol. The van der Waals surface area contributed by atoms with Crippen LogP contribution >= 0.6 is 0 Å². The summed E-state index contributed by atoms with van der Waals surface area (Å²) in [7, 11) is 0. The van der Waals surface area contributed by atoms with Crippen molar-refractivity contribution in [1.29, 1.82) is 0 Å². The van der Waals surface area contributed by atoms with Crippen LogP contribution in [0.15, 0.2) is 0 Å². The fourth-order valence-electron chi connectivity index (χ4n) is 1.75. The van der Waals surface area contributed by atoms with Gasteiger partial charge in [-0.1, -0.05) is 0 Å². The summed E-state index contributed by atoms with van der Waals surface area (Å²) in [5.74, 6) is -2.08. The van der Waals surface area contributed by atoms with E-state index in [4.69, 9.17) is 0 Å². The minimum atomic E-state index is -1.43. The first-order valence-electron chi connectivity index (χ1n) is 5.08. The molecule has 0 spiro atoms. The SMILES string of the molecule is O=C([O-])CNC(=O)CN1C(=O)N[C@@H]2NC(=O)N[C@@H]21. The van der Waals surface area contributed by atoms with Gasteiger partial charge in [0.05, 0.1) is 12.5 Å². The van der Waals surface area contributed by atoms with E-state index in [1.165, 1.54) is 0 Å². The van der Waals surface area contributed by atoms with Crippen molar-refractivity contribution < 1.29 is 24.3 Å². The van der Waals surface area contributed by atoms with E-state index in [9.17, 15) is 24.3 Å². The Morgan fingerprint density at radius 1 is 1.28 bits per heavy atom. The van der Waals surface area contributed by atoms with Gasteiger partial charge in [0.25, 0.3) is 0 Å². The molecule has 0 aromatic carbocycles. The number of carboxylic acid groups (broad SMARTS) is 1. The molecule has 18 heavy (non-hydrogen) atoms. The molecular formula is C8H10N5O5-. The first-order valence-corrected chi connectivity index (χ1v) is 5.08. The maximum Gasteiger partial charge on any atom is 0.321 e. The lowest BCUT2D eigenvalue weighted by atomic mass is 10.4. The average Bonchev–Trinajstić information content (AvgIpc) is 2.74. The number of aliphatic carboxylic acids is 1. The van der Waals surface area contributed by atoms with Crippen LogP contribution in [0.4, 0.5) is 9.59 Å². The molecule has 10 heteroatoms. The van der Waals surface area contributed by atoms with Gasteiger partial charge in [-0.05, 0) is 0 Å². The number of carbonyl (C=O) groups excluding carboxylic acids is 4. The second-order valence-electron chi connectivity index (χ2n) is 3.77. The number of nitrogens with zero attached hydrogens (tertiary/aromatic N) is 1. The molecule has 2 rings (SSSR count). The van der Waals surface area contributed by atoms with Crippen LogP contribution in [0.1, 0.15) is 0 Å². The fourth-order valence-corrected chi connectivity index (χ4v) is 1.75. The van der Waals surface area contributed by atoms with Crippen molar-refractivity contribution in [2.75, 3.05) is 13.1 Å². The third-order valence-electron chi connectivity index (χ3n) is 2.50. The summed E-state index contributed by atoms with van der Waals surface area (Å²) in [6.45, 7) is -0.991. The van der Waals surface area contributed by atoms with Gasteiger partial charge < -0.3 is 31.2 Å². The first-order chi connectivity index (χ1) is 8.47. The monoisotopic (exact) mass is 256 g/mol. The zero-order chi connectivity index (χ0) is 13.3. The molecule has 98 valence electrons. The minimum Gasteiger partial charge on any atom is -0.548 e. The van der Waals surface area contributed by atoms with Crippen LogP contribution in [0.2, 0.25) is 0 Å². The van der Waals surface area contributed by atoms with Crippen molar-refractivity contribution in [3.05, 3.63) is 0 Å². The number of hydrogen-bond donors (Lipinski definition) is 4. The summed E-state index contributed by atoms with van der Waals surface area (Å²) in [5, 5.41) is 19.6. The van der Waals surface area contributed by atoms with Gasteiger partial charge in [0.1, 0.15) is 18.9 Å². The van der Waals surface area contributed by atoms with Crippen LogP contribution in [0.3, 0.4) is 0 Å². The summed E-state index contributed by atoms with van der Waals surface area (Å²) in [4.78, 5) is 45.1. The van der Waals surface area contributed by atoms with E-state index in [-0.39, 0.29) is 6.54 Å². The van der Waals surface area contributed by atoms with Gasteiger partial charge >= 0.3 is 12.1 Å². The van der Waals surface area contributed by atoms with Crippen molar-refractivity contribution in [2.45, 2.75) is 12.3 Å². The number of nitrogens with one attached hydrogen (secondary N) is 4. The Kier molecular flexibility index (Phi) is 2.92. The predicted octanol–water partition coefficient (Wildman–Crippen LogP) is -4.16. The molecule has 0 aliphatic carbocycles. The minimum absolute atomic E-state index is 0.359. The van der Waals surface area contributed by atoms with Crippen LogP contribution in [-0.4, -0.2) is 54.3 Å². The number of fused-ring (bicyclic) bond motifs is 1. The molecule has 2 saturated heterocycles. The van der Waals surface area contributed by atoms with Gasteiger partial charge in [0, 0.05) is 0 Å². The normalized spacial score (nSPS) is 25.0. The Labute approximate surface area is 101 Å². The van der Waals surface area contributed by atoms with Crippen LogP contribution in [0.5, 0.6) is 0 Å². The number of hydrogen-bond acceptors (Lipinski definition) is 5. The van der Waals surface area contributed by atoms with Crippen LogP contribution in [0.25, 0.3) is 0 Å². The average molecular weight is 256 g/mol. The van der Waals surface area contributed by atoms with Crippen LogP contribution < -0.4 is 26.4 Å². The summed E-state index contributed by atoms with van der Waals surface area (Å²) >= 11 is 0. The standard InChI is InChI=1S/C8H11N5O5/c14-3(9-1-4(15)16)2-13-6-5(11-8(13)18)10-7(17)12-6/h5-6H,1-2H2,(H,9,14)(H,11,18)(H,15,16)(H2,10,12,17)/p-1/t5-,6+/m0/s1. The molecule has 2 fully saturated rings. The van der Waals surface area contributed by atoms with Gasteiger partial charge in [-0.3, -0.25) is 9.69 Å². The van der Waals surface area contributed by atoms with Crippen molar-refractivity contribution in [1.82, 2.24) is 26.2 Å². The maximum atomic E-state index is 11.5. The van der Waals surface area contributed by atoms with Crippen molar-refractivity contribution in [2.24, 2.45) is 0 Å². The second-order valence-corrected chi connectivity index (χ2v) is 3.77. The molecule has 10 nitrogen and oxygen atoms in total. The molecule has 2 heterocycles. The van der Waals surface area contributed by atoms with Gasteiger partial charge in [-0.25, -0.2) is 9.59 Å². The molecule has 2 aliphatic heterocycles. The van der Waals surface area contributed by atoms with Crippen LogP contribution in [-0.2, 0) is 9.59 Å². The van der Waals surface area contributed by atoms with Crippen molar-refractivity contribution in [3.63, 3.8) is 0 Å². The summed E-state index contributed by atoms with van der Waals surface area (Å²) in [5.41, 5.74) is 0. The zero-order valence-corrected chi connectivity index (χ0v) is 9.06. The topological polar surface area (TPSA) is 143 Å². The van der Waals surface area contributed by atoms with E-state index >= 15 is 0 Å². The van der Waals surface area contributed by atoms with Gasteiger partial charge in [-0.2, -0.15) is 0 Å². The number of carbonyl (C=O) groups is 4. The smallest absolute Gasteiger partial charge is 0.321 e. The molecule has 0 unspecified atom stereocenters. The highest BCUT2D eigenvalue weighted by Gasteiger charge is 2.45. The molecule has 2 aliphatic rings. The Hall–Kier alpha value is -2.52. The molecule has 2 atom stereocenters. The molecular weight excluding hydrogens is 246 g/mol. The lowest BCUT2D eigenvalue weighted by Crippen LogP contribution is -2.49. The van der Waals surface area contributed by atoms with E-state index in [1.54, 1.807) is 0 Å². The fraction of sp³-hybridized carbons (Fsp3) is 0.500. The zero-order valence-electron chi connectivity index (χ0n) is 9.06.